The van der Waals surface area contributed by atoms with Crippen molar-refractivity contribution in [1.82, 2.24) is 14.8 Å². The van der Waals surface area contributed by atoms with Gasteiger partial charge in [0.2, 0.25) is 0 Å². The Morgan fingerprint density at radius 2 is 1.91 bits per heavy atom. The van der Waals surface area contributed by atoms with E-state index in [4.69, 9.17) is 11.6 Å². The van der Waals surface area contributed by atoms with E-state index in [0.717, 1.165) is 34.2 Å². The molecule has 3 aromatic rings. The molecule has 22 heavy (non-hydrogen) atoms. The Hall–Kier alpha value is -2.46. The van der Waals surface area contributed by atoms with Crippen molar-refractivity contribution in [2.45, 2.75) is 6.92 Å². The van der Waals surface area contributed by atoms with E-state index in [9.17, 15) is 4.79 Å². The fourth-order valence-corrected chi connectivity index (χ4v) is 2.71. The quantitative estimate of drug-likeness (QED) is 0.689. The van der Waals surface area contributed by atoms with Crippen LogP contribution in [0.1, 0.15) is 16.1 Å². The third-order valence-corrected chi connectivity index (χ3v) is 3.85. The van der Waals surface area contributed by atoms with Gasteiger partial charge in [-0.15, -0.1) is 0 Å². The van der Waals surface area contributed by atoms with Crippen LogP contribution in [0.2, 0.25) is 5.02 Å². The van der Waals surface area contributed by atoms with Crippen molar-refractivity contribution in [1.29, 1.82) is 0 Å². The lowest BCUT2D eigenvalue weighted by molar-refractivity contribution is 0.111. The minimum absolute atomic E-state index is 0.418. The molecule has 0 aliphatic heterocycles. The van der Waals surface area contributed by atoms with E-state index in [1.807, 2.05) is 44.3 Å². The molecule has 0 bridgehead atoms. The molecule has 0 atom stereocenters. The van der Waals surface area contributed by atoms with Gasteiger partial charge >= 0.3 is 0 Å². The largest absolute Gasteiger partial charge is 0.296 e. The summed E-state index contributed by atoms with van der Waals surface area (Å²) in [6, 6.07) is 9.40. The SMILES string of the molecule is Cc1cnccc1-c1c(C=O)nn(C)c1-c1ccc(Cl)cc1. The Kier molecular flexibility index (Phi) is 3.77. The number of hydrogen-bond acceptors (Lipinski definition) is 3. The highest BCUT2D eigenvalue weighted by Gasteiger charge is 2.20. The van der Waals surface area contributed by atoms with E-state index in [-0.39, 0.29) is 0 Å². The summed E-state index contributed by atoms with van der Waals surface area (Å²) in [6.45, 7) is 1.97. The molecule has 0 aliphatic carbocycles. The second-order valence-corrected chi connectivity index (χ2v) is 5.48. The topological polar surface area (TPSA) is 47.8 Å². The maximum atomic E-state index is 11.5. The lowest BCUT2D eigenvalue weighted by atomic mass is 9.97. The lowest BCUT2D eigenvalue weighted by Crippen LogP contribution is -1.95. The molecule has 0 radical (unpaired) electrons. The summed E-state index contributed by atoms with van der Waals surface area (Å²) >= 11 is 5.97. The van der Waals surface area contributed by atoms with Crippen molar-refractivity contribution in [3.63, 3.8) is 0 Å². The number of carbonyl (C=O) groups excluding carboxylic acids is 1. The van der Waals surface area contributed by atoms with Crippen molar-refractivity contribution in [3.05, 3.63) is 59.0 Å². The Morgan fingerprint density at radius 1 is 1.18 bits per heavy atom. The minimum Gasteiger partial charge on any atom is -0.296 e. The van der Waals surface area contributed by atoms with Gasteiger partial charge in [-0.2, -0.15) is 5.10 Å². The Bertz CT molecular complexity index is 838. The van der Waals surface area contributed by atoms with Crippen molar-refractivity contribution in [3.8, 4) is 22.4 Å². The van der Waals surface area contributed by atoms with Gasteiger partial charge in [-0.25, -0.2) is 0 Å². The van der Waals surface area contributed by atoms with Crippen LogP contribution in [-0.4, -0.2) is 21.1 Å². The summed E-state index contributed by atoms with van der Waals surface area (Å²) in [5.41, 5.74) is 5.03. The van der Waals surface area contributed by atoms with Crippen LogP contribution >= 0.6 is 11.6 Å². The van der Waals surface area contributed by atoms with E-state index in [2.05, 4.69) is 10.1 Å². The highest BCUT2D eigenvalue weighted by molar-refractivity contribution is 6.30. The van der Waals surface area contributed by atoms with Crippen LogP contribution in [0.25, 0.3) is 22.4 Å². The summed E-state index contributed by atoms with van der Waals surface area (Å²) in [4.78, 5) is 15.6. The molecule has 0 unspecified atom stereocenters. The van der Waals surface area contributed by atoms with Gasteiger partial charge < -0.3 is 0 Å². The second-order valence-electron chi connectivity index (χ2n) is 5.05. The van der Waals surface area contributed by atoms with Crippen LogP contribution < -0.4 is 0 Å². The second kappa shape index (κ2) is 5.73. The third kappa shape index (κ3) is 2.42. The molecule has 3 rings (SSSR count). The Morgan fingerprint density at radius 3 is 2.55 bits per heavy atom. The zero-order chi connectivity index (χ0) is 15.7. The summed E-state index contributed by atoms with van der Waals surface area (Å²) in [5.74, 6) is 0. The van der Waals surface area contributed by atoms with Gasteiger partial charge in [0, 0.05) is 35.6 Å². The summed E-state index contributed by atoms with van der Waals surface area (Å²) in [6.07, 6.45) is 4.28. The van der Waals surface area contributed by atoms with Gasteiger partial charge in [0.25, 0.3) is 0 Å². The van der Waals surface area contributed by atoms with Gasteiger partial charge in [0.1, 0.15) is 5.69 Å². The van der Waals surface area contributed by atoms with E-state index < -0.39 is 0 Å². The average molecular weight is 312 g/mol. The van der Waals surface area contributed by atoms with Gasteiger partial charge in [-0.3, -0.25) is 14.5 Å². The first-order valence-electron chi connectivity index (χ1n) is 6.81. The summed E-state index contributed by atoms with van der Waals surface area (Å²) < 4.78 is 1.72. The number of benzene rings is 1. The van der Waals surface area contributed by atoms with Crippen molar-refractivity contribution in [2.24, 2.45) is 7.05 Å². The first-order chi connectivity index (χ1) is 10.6. The summed E-state index contributed by atoms with van der Waals surface area (Å²) in [5, 5.41) is 5.01. The molecule has 0 saturated carbocycles. The number of nitrogens with zero attached hydrogens (tertiary/aromatic N) is 3. The van der Waals surface area contributed by atoms with Gasteiger partial charge in [-0.05, 0) is 36.2 Å². The smallest absolute Gasteiger partial charge is 0.170 e. The number of carbonyl (C=O) groups is 1. The van der Waals surface area contributed by atoms with Crippen LogP contribution in [0.4, 0.5) is 0 Å². The number of rotatable bonds is 3. The number of aldehydes is 1. The number of pyridine rings is 1. The van der Waals surface area contributed by atoms with E-state index >= 15 is 0 Å². The molecule has 1 aromatic carbocycles. The average Bonchev–Trinajstić information content (AvgIpc) is 2.85. The first kappa shape index (κ1) is 14.5. The number of aromatic nitrogens is 3. The molecule has 0 aliphatic rings. The molecular formula is C17H14ClN3O. The van der Waals surface area contributed by atoms with E-state index in [0.29, 0.717) is 10.7 Å². The van der Waals surface area contributed by atoms with Gasteiger partial charge in [0.15, 0.2) is 6.29 Å². The Labute approximate surface area is 133 Å². The Balaban J connectivity index is 2.31. The number of aryl methyl sites for hydroxylation is 2. The number of halogens is 1. The highest BCUT2D eigenvalue weighted by atomic mass is 35.5. The molecule has 0 spiro atoms. The predicted octanol–water partition coefficient (Wildman–Crippen LogP) is 3.92. The van der Waals surface area contributed by atoms with E-state index in [1.165, 1.54) is 0 Å². The molecular weight excluding hydrogens is 298 g/mol. The van der Waals surface area contributed by atoms with Crippen molar-refractivity contribution in [2.75, 3.05) is 0 Å². The van der Waals surface area contributed by atoms with Crippen LogP contribution in [-0.2, 0) is 7.05 Å². The monoisotopic (exact) mass is 311 g/mol. The fraction of sp³-hybridized carbons (Fsp3) is 0.118. The van der Waals surface area contributed by atoms with Crippen LogP contribution in [0.5, 0.6) is 0 Å². The molecule has 0 fully saturated rings. The maximum absolute atomic E-state index is 11.5. The zero-order valence-electron chi connectivity index (χ0n) is 12.2. The molecule has 0 N–H and O–H groups in total. The summed E-state index contributed by atoms with van der Waals surface area (Å²) in [7, 11) is 1.83. The maximum Gasteiger partial charge on any atom is 0.170 e. The highest BCUT2D eigenvalue weighted by Crippen LogP contribution is 2.35. The molecule has 0 amide bonds. The molecule has 5 heteroatoms. The van der Waals surface area contributed by atoms with Crippen molar-refractivity contribution < 1.29 is 4.79 Å². The number of hydrogen-bond donors (Lipinski definition) is 0. The van der Waals surface area contributed by atoms with Crippen LogP contribution in [0.3, 0.4) is 0 Å². The standard InChI is InChI=1S/C17H14ClN3O/c1-11-9-19-8-7-14(11)16-15(10-22)20-21(2)17(16)12-3-5-13(18)6-4-12/h3-10H,1-2H3. The van der Waals surface area contributed by atoms with Gasteiger partial charge in [-0.1, -0.05) is 23.7 Å². The van der Waals surface area contributed by atoms with Crippen molar-refractivity contribution >= 4 is 17.9 Å². The zero-order valence-corrected chi connectivity index (χ0v) is 13.0. The van der Waals surface area contributed by atoms with Gasteiger partial charge in [0.05, 0.1) is 5.69 Å². The molecule has 110 valence electrons. The van der Waals surface area contributed by atoms with Crippen LogP contribution in [0.15, 0.2) is 42.7 Å². The minimum atomic E-state index is 0.418. The lowest BCUT2D eigenvalue weighted by Gasteiger charge is -2.09. The van der Waals surface area contributed by atoms with Crippen LogP contribution in [0, 0.1) is 6.92 Å². The normalized spacial score (nSPS) is 10.7. The molecule has 4 nitrogen and oxygen atoms in total. The third-order valence-electron chi connectivity index (χ3n) is 3.59. The predicted molar refractivity (Wildman–Crippen MR) is 87.0 cm³/mol. The first-order valence-corrected chi connectivity index (χ1v) is 7.18. The molecule has 0 saturated heterocycles. The van der Waals surface area contributed by atoms with E-state index in [1.54, 1.807) is 17.1 Å². The fourth-order valence-electron chi connectivity index (χ4n) is 2.59. The molecule has 2 heterocycles. The molecule has 2 aromatic heterocycles.